The van der Waals surface area contributed by atoms with Gasteiger partial charge in [-0.2, -0.15) is 0 Å². The molecule has 4 nitrogen and oxygen atoms in total. The number of nitrogens with zero attached hydrogens (tertiary/aromatic N) is 2. The molecule has 0 spiro atoms. The number of hydrogen-bond acceptors (Lipinski definition) is 4. The maximum absolute atomic E-state index is 5.97. The molecule has 22 heavy (non-hydrogen) atoms. The molecule has 0 aliphatic carbocycles. The summed E-state index contributed by atoms with van der Waals surface area (Å²) in [5.41, 5.74) is 1.20. The van der Waals surface area contributed by atoms with Crippen LogP contribution in [0.1, 0.15) is 44.8 Å². The molecule has 3 rings (SSSR count). The van der Waals surface area contributed by atoms with Crippen LogP contribution in [0.15, 0.2) is 40.3 Å². The van der Waals surface area contributed by atoms with Crippen LogP contribution in [0.2, 0.25) is 0 Å². The molecule has 1 aromatic rings. The fourth-order valence-electron chi connectivity index (χ4n) is 2.78. The van der Waals surface area contributed by atoms with Crippen LogP contribution in [0.5, 0.6) is 0 Å². The highest BCUT2D eigenvalue weighted by molar-refractivity contribution is 5.82. The maximum Gasteiger partial charge on any atom is 0.186 e. The van der Waals surface area contributed by atoms with Gasteiger partial charge in [0.15, 0.2) is 11.8 Å². The van der Waals surface area contributed by atoms with E-state index in [9.17, 15) is 0 Å². The fraction of sp³-hybridized carbons (Fsp3) is 0.556. The summed E-state index contributed by atoms with van der Waals surface area (Å²) in [7, 11) is 0. The van der Waals surface area contributed by atoms with Crippen LogP contribution in [-0.4, -0.2) is 31.0 Å². The van der Waals surface area contributed by atoms with Gasteiger partial charge in [0, 0.05) is 12.3 Å². The van der Waals surface area contributed by atoms with E-state index in [2.05, 4.69) is 36.0 Å². The molecule has 0 saturated heterocycles. The lowest BCUT2D eigenvalue weighted by Gasteiger charge is -2.13. The monoisotopic (exact) mass is 300 g/mol. The van der Waals surface area contributed by atoms with Crippen molar-refractivity contribution in [3.05, 3.63) is 35.9 Å². The largest absolute Gasteiger partial charge is 0.478 e. The summed E-state index contributed by atoms with van der Waals surface area (Å²) >= 11 is 0. The lowest BCUT2D eigenvalue weighted by Crippen LogP contribution is -2.13. The Bertz CT molecular complexity index is 553. The Labute approximate surface area is 132 Å². The second kappa shape index (κ2) is 6.95. The first kappa shape index (κ1) is 15.1. The van der Waals surface area contributed by atoms with E-state index in [-0.39, 0.29) is 6.10 Å². The van der Waals surface area contributed by atoms with Gasteiger partial charge in [-0.15, -0.1) is 0 Å². The minimum Gasteiger partial charge on any atom is -0.478 e. The minimum absolute atomic E-state index is 0.0797. The highest BCUT2D eigenvalue weighted by Crippen LogP contribution is 2.25. The first-order valence-corrected chi connectivity index (χ1v) is 8.21. The van der Waals surface area contributed by atoms with Crippen molar-refractivity contribution in [3.8, 4) is 0 Å². The molecule has 1 aromatic carbocycles. The van der Waals surface area contributed by atoms with Crippen molar-refractivity contribution in [3.63, 3.8) is 0 Å². The van der Waals surface area contributed by atoms with Crippen LogP contribution >= 0.6 is 0 Å². The molecule has 4 heteroatoms. The highest BCUT2D eigenvalue weighted by Gasteiger charge is 2.25. The van der Waals surface area contributed by atoms with E-state index in [0.717, 1.165) is 44.2 Å². The SMILES string of the molecule is CCC1COC(C(C)CCC2=NCC(c3ccccc3)O2)=N1. The predicted molar refractivity (Wildman–Crippen MR) is 88.4 cm³/mol. The van der Waals surface area contributed by atoms with E-state index in [0.29, 0.717) is 12.0 Å². The van der Waals surface area contributed by atoms with Gasteiger partial charge in [-0.05, 0) is 18.4 Å². The third kappa shape index (κ3) is 3.49. The smallest absolute Gasteiger partial charge is 0.186 e. The molecule has 2 heterocycles. The summed E-state index contributed by atoms with van der Waals surface area (Å²) in [6.45, 7) is 5.78. The average molecular weight is 300 g/mol. The lowest BCUT2D eigenvalue weighted by atomic mass is 10.1. The zero-order chi connectivity index (χ0) is 15.4. The van der Waals surface area contributed by atoms with Gasteiger partial charge < -0.3 is 9.47 Å². The zero-order valence-corrected chi connectivity index (χ0v) is 13.4. The molecule has 2 aliphatic rings. The number of benzene rings is 1. The summed E-state index contributed by atoms with van der Waals surface area (Å²) in [6, 6.07) is 10.6. The topological polar surface area (TPSA) is 43.2 Å². The standard InChI is InChI=1S/C18H24N2O2/c1-3-15-12-21-18(20-15)13(2)9-10-17-19-11-16(22-17)14-7-5-4-6-8-14/h4-8,13,15-16H,3,9-12H2,1-2H3. The zero-order valence-electron chi connectivity index (χ0n) is 13.4. The van der Waals surface area contributed by atoms with E-state index in [1.54, 1.807) is 0 Å². The number of hydrogen-bond donors (Lipinski definition) is 0. The molecular weight excluding hydrogens is 276 g/mol. The van der Waals surface area contributed by atoms with Gasteiger partial charge in [0.2, 0.25) is 0 Å². The van der Waals surface area contributed by atoms with Crippen LogP contribution in [0.3, 0.4) is 0 Å². The number of aliphatic imine (C=N–C) groups is 2. The molecule has 0 amide bonds. The van der Waals surface area contributed by atoms with Crippen molar-refractivity contribution >= 4 is 11.8 Å². The summed E-state index contributed by atoms with van der Waals surface area (Å²) in [4.78, 5) is 9.16. The molecule has 0 N–H and O–H groups in total. The molecule has 0 bridgehead atoms. The first-order chi connectivity index (χ1) is 10.8. The molecule has 0 radical (unpaired) electrons. The van der Waals surface area contributed by atoms with Crippen LogP contribution in [0.4, 0.5) is 0 Å². The molecule has 0 saturated carbocycles. The van der Waals surface area contributed by atoms with E-state index in [1.807, 2.05) is 18.2 Å². The van der Waals surface area contributed by atoms with Crippen molar-refractivity contribution in [2.45, 2.75) is 45.3 Å². The number of ether oxygens (including phenoxy) is 2. The molecule has 2 aliphatic heterocycles. The third-order valence-electron chi connectivity index (χ3n) is 4.30. The van der Waals surface area contributed by atoms with E-state index in [4.69, 9.17) is 9.47 Å². The van der Waals surface area contributed by atoms with Crippen LogP contribution in [0, 0.1) is 5.92 Å². The van der Waals surface area contributed by atoms with Gasteiger partial charge >= 0.3 is 0 Å². The summed E-state index contributed by atoms with van der Waals surface area (Å²) in [5, 5.41) is 0. The summed E-state index contributed by atoms with van der Waals surface area (Å²) in [5.74, 6) is 2.11. The van der Waals surface area contributed by atoms with Crippen molar-refractivity contribution < 1.29 is 9.47 Å². The quantitative estimate of drug-likeness (QED) is 0.802. The first-order valence-electron chi connectivity index (χ1n) is 8.21. The van der Waals surface area contributed by atoms with Gasteiger partial charge in [0.1, 0.15) is 12.7 Å². The second-order valence-electron chi connectivity index (χ2n) is 6.03. The van der Waals surface area contributed by atoms with Gasteiger partial charge in [-0.1, -0.05) is 44.2 Å². The highest BCUT2D eigenvalue weighted by atomic mass is 16.5. The van der Waals surface area contributed by atoms with Gasteiger partial charge in [0.05, 0.1) is 12.6 Å². The maximum atomic E-state index is 5.97. The van der Waals surface area contributed by atoms with Gasteiger partial charge in [-0.3, -0.25) is 4.99 Å². The van der Waals surface area contributed by atoms with Gasteiger partial charge in [-0.25, -0.2) is 4.99 Å². The molecule has 3 unspecified atom stereocenters. The second-order valence-corrected chi connectivity index (χ2v) is 6.03. The predicted octanol–water partition coefficient (Wildman–Crippen LogP) is 3.78. The molecule has 118 valence electrons. The minimum atomic E-state index is 0.0797. The molecule has 0 fully saturated rings. The third-order valence-corrected chi connectivity index (χ3v) is 4.30. The molecule has 0 aromatic heterocycles. The van der Waals surface area contributed by atoms with Crippen LogP contribution < -0.4 is 0 Å². The van der Waals surface area contributed by atoms with E-state index >= 15 is 0 Å². The van der Waals surface area contributed by atoms with Crippen molar-refractivity contribution in [1.82, 2.24) is 0 Å². The summed E-state index contributed by atoms with van der Waals surface area (Å²) in [6.07, 6.45) is 2.94. The van der Waals surface area contributed by atoms with Crippen LogP contribution in [-0.2, 0) is 9.47 Å². The van der Waals surface area contributed by atoms with Crippen molar-refractivity contribution in [1.29, 1.82) is 0 Å². The Morgan fingerprint density at radius 3 is 2.82 bits per heavy atom. The Kier molecular flexibility index (Phi) is 4.76. The van der Waals surface area contributed by atoms with E-state index in [1.165, 1.54) is 5.56 Å². The lowest BCUT2D eigenvalue weighted by molar-refractivity contribution is 0.222. The molecule has 3 atom stereocenters. The Balaban J connectivity index is 1.47. The summed E-state index contributed by atoms with van der Waals surface area (Å²) < 4.78 is 11.7. The van der Waals surface area contributed by atoms with Gasteiger partial charge in [0.25, 0.3) is 0 Å². The van der Waals surface area contributed by atoms with E-state index < -0.39 is 0 Å². The van der Waals surface area contributed by atoms with Crippen molar-refractivity contribution in [2.24, 2.45) is 15.9 Å². The Morgan fingerprint density at radius 2 is 2.09 bits per heavy atom. The normalized spacial score (nSPS) is 25.2. The van der Waals surface area contributed by atoms with Crippen LogP contribution in [0.25, 0.3) is 0 Å². The Morgan fingerprint density at radius 1 is 1.27 bits per heavy atom. The average Bonchev–Trinajstić information content (AvgIpc) is 3.22. The Hall–Kier alpha value is -1.84. The number of rotatable bonds is 6. The van der Waals surface area contributed by atoms with Crippen molar-refractivity contribution in [2.75, 3.05) is 13.2 Å². The molecular formula is C18H24N2O2. The fourth-order valence-corrected chi connectivity index (χ4v) is 2.78.